The Morgan fingerprint density at radius 3 is 2.78 bits per heavy atom. The number of nitrogens with two attached hydrogens (primary N) is 1. The van der Waals surface area contributed by atoms with E-state index in [1.807, 2.05) is 31.2 Å². The van der Waals surface area contributed by atoms with E-state index in [1.165, 1.54) is 0 Å². The van der Waals surface area contributed by atoms with Crippen molar-refractivity contribution in [2.45, 2.75) is 12.8 Å². The van der Waals surface area contributed by atoms with Crippen LogP contribution < -0.4 is 11.2 Å². The molecule has 0 aromatic heterocycles. The van der Waals surface area contributed by atoms with E-state index in [9.17, 15) is 10.1 Å². The maximum atomic E-state index is 12.0. The molecular formula is C13H12N4O. The number of benzene rings is 1. The van der Waals surface area contributed by atoms with Crippen LogP contribution in [0.3, 0.4) is 0 Å². The summed E-state index contributed by atoms with van der Waals surface area (Å²) in [5.41, 5.74) is 9.32. The summed E-state index contributed by atoms with van der Waals surface area (Å²) in [6.07, 6.45) is 0. The number of hydrogen-bond acceptors (Lipinski definition) is 4. The van der Waals surface area contributed by atoms with Crippen LogP contribution in [0.5, 0.6) is 0 Å². The van der Waals surface area contributed by atoms with Gasteiger partial charge >= 0.3 is 0 Å². The molecule has 3 rings (SSSR count). The van der Waals surface area contributed by atoms with E-state index in [2.05, 4.69) is 16.6 Å². The van der Waals surface area contributed by atoms with Crippen molar-refractivity contribution in [1.82, 2.24) is 5.43 Å². The largest absolute Gasteiger partial charge is 0.385 e. The fourth-order valence-corrected chi connectivity index (χ4v) is 2.94. The second-order valence-electron chi connectivity index (χ2n) is 4.75. The number of hydrazone groups is 1. The van der Waals surface area contributed by atoms with Crippen molar-refractivity contribution < 1.29 is 4.79 Å². The van der Waals surface area contributed by atoms with Crippen molar-refractivity contribution in [2.75, 3.05) is 0 Å². The van der Waals surface area contributed by atoms with Crippen LogP contribution in [-0.2, 0) is 4.79 Å². The molecule has 1 aromatic carbocycles. The fourth-order valence-electron chi connectivity index (χ4n) is 2.94. The summed E-state index contributed by atoms with van der Waals surface area (Å²) in [7, 11) is 0. The van der Waals surface area contributed by atoms with Gasteiger partial charge in [-0.2, -0.15) is 10.4 Å². The van der Waals surface area contributed by atoms with E-state index in [0.29, 0.717) is 0 Å². The van der Waals surface area contributed by atoms with Gasteiger partial charge in [0.05, 0.1) is 12.0 Å². The maximum Gasteiger partial charge on any atom is 0.256 e. The summed E-state index contributed by atoms with van der Waals surface area (Å²) < 4.78 is 0. The van der Waals surface area contributed by atoms with E-state index in [0.717, 1.165) is 11.1 Å². The second kappa shape index (κ2) is 3.33. The van der Waals surface area contributed by atoms with E-state index >= 15 is 0 Å². The van der Waals surface area contributed by atoms with Crippen LogP contribution in [0.25, 0.3) is 0 Å². The highest BCUT2D eigenvalue weighted by Gasteiger charge is 2.75. The minimum absolute atomic E-state index is 0.185. The number of amides is 1. The van der Waals surface area contributed by atoms with Crippen LogP contribution in [0.15, 0.2) is 29.4 Å². The van der Waals surface area contributed by atoms with Gasteiger partial charge in [0.1, 0.15) is 11.3 Å². The Bertz CT molecular complexity index is 616. The number of rotatable bonds is 1. The first-order valence-electron chi connectivity index (χ1n) is 5.73. The molecule has 5 nitrogen and oxygen atoms in total. The van der Waals surface area contributed by atoms with Crippen molar-refractivity contribution in [1.29, 1.82) is 5.26 Å². The second-order valence-corrected chi connectivity index (χ2v) is 4.75. The SMILES string of the molecule is Cc1ccccc1[C@@H]1[C@H](C#N)[C@]12C(=O)NN=C2N. The third-order valence-corrected chi connectivity index (χ3v) is 3.95. The standard InChI is InChI=1S/C13H12N4O/c1-7-4-2-3-5-8(7)10-9(6-14)13(10)11(15)16-17-12(13)18/h2-5,9-10H,1H3,(H2,15,16)(H,17,18)/t9-,10+,13-/m0/s1. The average Bonchev–Trinajstić information content (AvgIpc) is 2.97. The molecular weight excluding hydrogens is 228 g/mol. The van der Waals surface area contributed by atoms with E-state index < -0.39 is 11.3 Å². The van der Waals surface area contributed by atoms with Crippen LogP contribution in [-0.4, -0.2) is 11.7 Å². The number of carbonyl (C=O) groups is 1. The highest BCUT2D eigenvalue weighted by Crippen LogP contribution is 2.66. The van der Waals surface area contributed by atoms with Crippen LogP contribution in [0.2, 0.25) is 0 Å². The molecule has 3 N–H and O–H groups in total. The van der Waals surface area contributed by atoms with Crippen LogP contribution in [0.1, 0.15) is 17.0 Å². The lowest BCUT2D eigenvalue weighted by Crippen LogP contribution is -2.32. The lowest BCUT2D eigenvalue weighted by atomic mass is 9.95. The van der Waals surface area contributed by atoms with Gasteiger partial charge in [0.25, 0.3) is 5.91 Å². The third-order valence-electron chi connectivity index (χ3n) is 3.95. The maximum absolute atomic E-state index is 12.0. The van der Waals surface area contributed by atoms with Crippen LogP contribution in [0.4, 0.5) is 0 Å². The normalized spacial score (nSPS) is 32.9. The Morgan fingerprint density at radius 2 is 2.22 bits per heavy atom. The predicted octanol–water partition coefficient (Wildman–Crippen LogP) is 0.620. The van der Waals surface area contributed by atoms with Gasteiger partial charge in [-0.15, -0.1) is 0 Å². The third kappa shape index (κ3) is 1.05. The number of nitriles is 1. The van der Waals surface area contributed by atoms with Crippen molar-refractivity contribution in [3.05, 3.63) is 35.4 Å². The first-order valence-corrected chi connectivity index (χ1v) is 5.73. The molecule has 2 aliphatic rings. The number of amidine groups is 1. The minimum atomic E-state index is -0.944. The first-order chi connectivity index (χ1) is 8.64. The average molecular weight is 240 g/mol. The highest BCUT2D eigenvalue weighted by atomic mass is 16.2. The molecule has 1 amide bonds. The molecule has 1 heterocycles. The Labute approximate surface area is 104 Å². The number of nitrogens with zero attached hydrogens (tertiary/aromatic N) is 2. The van der Waals surface area contributed by atoms with E-state index in [4.69, 9.17) is 5.73 Å². The summed E-state index contributed by atoms with van der Waals surface area (Å²) in [5, 5.41) is 13.0. The molecule has 1 saturated carbocycles. The fraction of sp³-hybridized carbons (Fsp3) is 0.308. The Balaban J connectivity index is 2.11. The topological polar surface area (TPSA) is 91.3 Å². The molecule has 18 heavy (non-hydrogen) atoms. The van der Waals surface area contributed by atoms with Crippen molar-refractivity contribution in [3.63, 3.8) is 0 Å². The minimum Gasteiger partial charge on any atom is -0.385 e. The molecule has 3 atom stereocenters. The smallest absolute Gasteiger partial charge is 0.256 e. The molecule has 0 radical (unpaired) electrons. The quantitative estimate of drug-likeness (QED) is 0.753. The monoisotopic (exact) mass is 240 g/mol. The van der Waals surface area contributed by atoms with Gasteiger partial charge < -0.3 is 5.73 Å². The summed E-state index contributed by atoms with van der Waals surface area (Å²) in [5.74, 6) is -0.646. The highest BCUT2D eigenvalue weighted by molar-refractivity contribution is 6.16. The van der Waals surface area contributed by atoms with Gasteiger partial charge in [-0.3, -0.25) is 4.79 Å². The zero-order chi connectivity index (χ0) is 12.9. The lowest BCUT2D eigenvalue weighted by molar-refractivity contribution is -0.123. The number of nitrogens with one attached hydrogen (secondary N) is 1. The van der Waals surface area contributed by atoms with E-state index in [1.54, 1.807) is 0 Å². The lowest BCUT2D eigenvalue weighted by Gasteiger charge is -2.08. The van der Waals surface area contributed by atoms with Gasteiger partial charge in [-0.1, -0.05) is 24.3 Å². The van der Waals surface area contributed by atoms with Crippen LogP contribution in [0, 0.1) is 29.6 Å². The summed E-state index contributed by atoms with van der Waals surface area (Å²) in [4.78, 5) is 12.0. The Kier molecular flexibility index (Phi) is 1.99. The molecule has 1 fully saturated rings. The first kappa shape index (κ1) is 10.8. The molecule has 1 spiro atoms. The molecule has 1 aliphatic carbocycles. The molecule has 5 heteroatoms. The summed E-state index contributed by atoms with van der Waals surface area (Å²) in [6, 6.07) is 9.94. The number of aryl methyl sites for hydroxylation is 1. The van der Waals surface area contributed by atoms with Gasteiger partial charge in [0.2, 0.25) is 0 Å². The zero-order valence-electron chi connectivity index (χ0n) is 9.84. The zero-order valence-corrected chi connectivity index (χ0v) is 9.84. The van der Waals surface area contributed by atoms with Gasteiger partial charge in [0.15, 0.2) is 0 Å². The van der Waals surface area contributed by atoms with Crippen molar-refractivity contribution in [3.8, 4) is 6.07 Å². The van der Waals surface area contributed by atoms with Gasteiger partial charge in [-0.05, 0) is 18.1 Å². The Morgan fingerprint density at radius 1 is 1.50 bits per heavy atom. The molecule has 0 unspecified atom stereocenters. The molecule has 0 saturated heterocycles. The molecule has 0 bridgehead atoms. The predicted molar refractivity (Wildman–Crippen MR) is 65.2 cm³/mol. The van der Waals surface area contributed by atoms with Gasteiger partial charge in [0, 0.05) is 5.92 Å². The van der Waals surface area contributed by atoms with Crippen LogP contribution >= 0.6 is 0 Å². The summed E-state index contributed by atoms with van der Waals surface area (Å²) >= 11 is 0. The number of hydrogen-bond donors (Lipinski definition) is 2. The van der Waals surface area contributed by atoms with Gasteiger partial charge in [-0.25, -0.2) is 5.43 Å². The Hall–Kier alpha value is -2.35. The van der Waals surface area contributed by atoms with E-state index in [-0.39, 0.29) is 17.7 Å². The molecule has 90 valence electrons. The van der Waals surface area contributed by atoms with Crippen molar-refractivity contribution >= 4 is 11.7 Å². The summed E-state index contributed by atoms with van der Waals surface area (Å²) in [6.45, 7) is 1.97. The molecule has 1 aliphatic heterocycles. The molecule has 1 aromatic rings. The number of carbonyl (C=O) groups excluding carboxylic acids is 1. The van der Waals surface area contributed by atoms with Crippen molar-refractivity contribution in [2.24, 2.45) is 22.2 Å².